The topological polar surface area (TPSA) is 93.5 Å². The van der Waals surface area contributed by atoms with Crippen LogP contribution in [0.15, 0.2) is 24.3 Å². The number of rotatable bonds is 6. The van der Waals surface area contributed by atoms with Crippen LogP contribution in [0.25, 0.3) is 0 Å². The molecule has 0 fully saturated rings. The first-order chi connectivity index (χ1) is 9.02. The second-order valence-electron chi connectivity index (χ2n) is 4.09. The Hall–Kier alpha value is -2.15. The van der Waals surface area contributed by atoms with Gasteiger partial charge in [0, 0.05) is 37.6 Å². The molecule has 0 saturated heterocycles. The van der Waals surface area contributed by atoms with Gasteiger partial charge in [-0.1, -0.05) is 6.07 Å². The van der Waals surface area contributed by atoms with Crippen LogP contribution in [0.5, 0.6) is 0 Å². The molecule has 104 valence electrons. The zero-order valence-electron chi connectivity index (χ0n) is 10.9. The molecule has 0 aliphatic heterocycles. The molecule has 19 heavy (non-hydrogen) atoms. The van der Waals surface area contributed by atoms with Crippen molar-refractivity contribution in [2.24, 2.45) is 0 Å². The Balaban J connectivity index is 2.52. The molecule has 0 aliphatic rings. The van der Waals surface area contributed by atoms with E-state index in [0.29, 0.717) is 18.7 Å². The first-order valence-electron chi connectivity index (χ1n) is 5.84. The summed E-state index contributed by atoms with van der Waals surface area (Å²) in [6.45, 7) is 2.41. The minimum atomic E-state index is -0.510. The predicted octanol–water partition coefficient (Wildman–Crippen LogP) is 2.14. The molecule has 0 aromatic heterocycles. The van der Waals surface area contributed by atoms with E-state index in [-0.39, 0.29) is 11.7 Å². The fourth-order valence-electron chi connectivity index (χ4n) is 1.45. The minimum Gasteiger partial charge on any atom is -0.385 e. The summed E-state index contributed by atoms with van der Waals surface area (Å²) >= 11 is 0. The molecule has 0 radical (unpaired) electrons. The van der Waals surface area contributed by atoms with E-state index in [1.54, 1.807) is 13.2 Å². The Kier molecular flexibility index (Phi) is 5.74. The number of hydrogen-bond donors (Lipinski definition) is 2. The van der Waals surface area contributed by atoms with Crippen LogP contribution in [-0.2, 0) is 4.74 Å². The number of anilines is 1. The molecule has 0 spiro atoms. The largest absolute Gasteiger partial charge is 0.385 e. The highest BCUT2D eigenvalue weighted by Crippen LogP contribution is 2.16. The van der Waals surface area contributed by atoms with Crippen molar-refractivity contribution < 1.29 is 14.5 Å². The van der Waals surface area contributed by atoms with Gasteiger partial charge in [-0.2, -0.15) is 0 Å². The molecule has 1 aromatic rings. The van der Waals surface area contributed by atoms with E-state index in [4.69, 9.17) is 4.74 Å². The molecule has 1 rings (SSSR count). The first-order valence-corrected chi connectivity index (χ1v) is 5.84. The van der Waals surface area contributed by atoms with E-state index in [1.807, 2.05) is 6.92 Å². The van der Waals surface area contributed by atoms with Gasteiger partial charge in [-0.25, -0.2) is 4.79 Å². The van der Waals surface area contributed by atoms with E-state index in [9.17, 15) is 14.9 Å². The third-order valence-electron chi connectivity index (χ3n) is 2.45. The molecule has 1 aromatic carbocycles. The van der Waals surface area contributed by atoms with E-state index >= 15 is 0 Å². The van der Waals surface area contributed by atoms with Crippen molar-refractivity contribution in [1.82, 2.24) is 5.32 Å². The van der Waals surface area contributed by atoms with Crippen molar-refractivity contribution >= 4 is 17.4 Å². The lowest BCUT2D eigenvalue weighted by Crippen LogP contribution is -2.36. The van der Waals surface area contributed by atoms with Crippen LogP contribution in [0.3, 0.4) is 0 Å². The van der Waals surface area contributed by atoms with Gasteiger partial charge in [-0.15, -0.1) is 0 Å². The average molecular weight is 267 g/mol. The molecule has 0 aliphatic carbocycles. The number of urea groups is 1. The summed E-state index contributed by atoms with van der Waals surface area (Å²) in [5.41, 5.74) is 0.316. The quantitative estimate of drug-likeness (QED) is 0.610. The lowest BCUT2D eigenvalue weighted by molar-refractivity contribution is -0.384. The first kappa shape index (κ1) is 14.9. The summed E-state index contributed by atoms with van der Waals surface area (Å²) in [6.07, 6.45) is 0.693. The third-order valence-corrected chi connectivity index (χ3v) is 2.45. The molecule has 2 N–H and O–H groups in total. The Labute approximate surface area is 111 Å². The molecule has 0 heterocycles. The second kappa shape index (κ2) is 7.32. The number of methoxy groups -OCH3 is 1. The van der Waals surface area contributed by atoms with Crippen LogP contribution in [0.4, 0.5) is 16.2 Å². The Morgan fingerprint density at radius 1 is 1.53 bits per heavy atom. The fraction of sp³-hybridized carbons (Fsp3) is 0.417. The van der Waals surface area contributed by atoms with Crippen LogP contribution in [0, 0.1) is 10.1 Å². The number of nitro benzene ring substituents is 1. The maximum Gasteiger partial charge on any atom is 0.319 e. The number of benzene rings is 1. The number of non-ortho nitro benzene ring substituents is 1. The van der Waals surface area contributed by atoms with E-state index in [2.05, 4.69) is 10.6 Å². The van der Waals surface area contributed by atoms with Gasteiger partial charge < -0.3 is 15.4 Å². The highest BCUT2D eigenvalue weighted by atomic mass is 16.6. The van der Waals surface area contributed by atoms with Gasteiger partial charge in [0.25, 0.3) is 5.69 Å². The standard InChI is InChI=1S/C12H17N3O4/c1-9(6-7-19-2)13-12(16)14-10-4-3-5-11(8-10)15(17)18/h3-5,8-9H,6-7H2,1-2H3,(H2,13,14,16). The summed E-state index contributed by atoms with van der Waals surface area (Å²) < 4.78 is 4.91. The third kappa shape index (κ3) is 5.35. The summed E-state index contributed by atoms with van der Waals surface area (Å²) in [6, 6.07) is 5.33. The van der Waals surface area contributed by atoms with Crippen molar-refractivity contribution in [3.8, 4) is 0 Å². The van der Waals surface area contributed by atoms with E-state index in [0.717, 1.165) is 0 Å². The van der Waals surface area contributed by atoms with Crippen LogP contribution >= 0.6 is 0 Å². The van der Waals surface area contributed by atoms with E-state index in [1.165, 1.54) is 18.2 Å². The molecule has 1 unspecified atom stereocenters. The highest BCUT2D eigenvalue weighted by molar-refractivity contribution is 5.89. The van der Waals surface area contributed by atoms with Crippen LogP contribution in [-0.4, -0.2) is 30.7 Å². The number of amides is 2. The van der Waals surface area contributed by atoms with E-state index < -0.39 is 11.0 Å². The molecule has 1 atom stereocenters. The Morgan fingerprint density at radius 3 is 2.89 bits per heavy atom. The number of carbonyl (C=O) groups excluding carboxylic acids is 1. The maximum atomic E-state index is 11.6. The summed E-state index contributed by atoms with van der Waals surface area (Å²) in [5, 5.41) is 15.9. The van der Waals surface area contributed by atoms with Gasteiger partial charge >= 0.3 is 6.03 Å². The lowest BCUT2D eigenvalue weighted by atomic mass is 10.2. The van der Waals surface area contributed by atoms with Crippen molar-refractivity contribution in [2.75, 3.05) is 19.0 Å². The molecular weight excluding hydrogens is 250 g/mol. The molecule has 0 saturated carbocycles. The number of ether oxygens (including phenoxy) is 1. The van der Waals surface area contributed by atoms with Gasteiger partial charge in [0.1, 0.15) is 0 Å². The maximum absolute atomic E-state index is 11.6. The number of carbonyl (C=O) groups is 1. The van der Waals surface area contributed by atoms with Crippen molar-refractivity contribution in [3.05, 3.63) is 34.4 Å². The number of hydrogen-bond acceptors (Lipinski definition) is 4. The smallest absolute Gasteiger partial charge is 0.319 e. The van der Waals surface area contributed by atoms with Gasteiger partial charge in [-0.05, 0) is 19.4 Å². The monoisotopic (exact) mass is 267 g/mol. The number of nitro groups is 1. The minimum absolute atomic E-state index is 0.0429. The lowest BCUT2D eigenvalue weighted by Gasteiger charge is -2.14. The Morgan fingerprint density at radius 2 is 2.26 bits per heavy atom. The van der Waals surface area contributed by atoms with Crippen LogP contribution < -0.4 is 10.6 Å². The Bertz CT molecular complexity index is 450. The molecule has 7 nitrogen and oxygen atoms in total. The molecule has 2 amide bonds. The zero-order chi connectivity index (χ0) is 14.3. The van der Waals surface area contributed by atoms with Crippen LogP contribution in [0.2, 0.25) is 0 Å². The molecular formula is C12H17N3O4. The summed E-state index contributed by atoms with van der Waals surface area (Å²) in [7, 11) is 1.59. The van der Waals surface area contributed by atoms with Gasteiger partial charge in [0.2, 0.25) is 0 Å². The van der Waals surface area contributed by atoms with Crippen molar-refractivity contribution in [1.29, 1.82) is 0 Å². The fourth-order valence-corrected chi connectivity index (χ4v) is 1.45. The number of nitrogens with zero attached hydrogens (tertiary/aromatic N) is 1. The number of nitrogens with one attached hydrogen (secondary N) is 2. The van der Waals surface area contributed by atoms with Crippen molar-refractivity contribution in [3.63, 3.8) is 0 Å². The molecule has 0 bridgehead atoms. The van der Waals surface area contributed by atoms with Crippen molar-refractivity contribution in [2.45, 2.75) is 19.4 Å². The van der Waals surface area contributed by atoms with Crippen LogP contribution in [0.1, 0.15) is 13.3 Å². The predicted molar refractivity (Wildman–Crippen MR) is 71.2 cm³/mol. The summed E-state index contributed by atoms with van der Waals surface area (Å²) in [4.78, 5) is 21.7. The van der Waals surface area contributed by atoms with Gasteiger partial charge in [-0.3, -0.25) is 10.1 Å². The average Bonchev–Trinajstić information content (AvgIpc) is 2.36. The highest BCUT2D eigenvalue weighted by Gasteiger charge is 2.10. The van der Waals surface area contributed by atoms with Gasteiger partial charge in [0.15, 0.2) is 0 Å². The molecule has 7 heteroatoms. The van der Waals surface area contributed by atoms with Gasteiger partial charge in [0.05, 0.1) is 4.92 Å². The normalized spacial score (nSPS) is 11.7. The zero-order valence-corrected chi connectivity index (χ0v) is 10.9. The second-order valence-corrected chi connectivity index (χ2v) is 4.09. The summed E-state index contributed by atoms with van der Waals surface area (Å²) in [5.74, 6) is 0. The SMILES string of the molecule is COCCC(C)NC(=O)Nc1cccc([N+](=O)[O-])c1.